The Kier molecular flexibility index (Phi) is 19.0. The summed E-state index contributed by atoms with van der Waals surface area (Å²) >= 11 is 0. The molecule has 148 valence electrons. The maximum atomic E-state index is 9.82. The van der Waals surface area contributed by atoms with Crippen molar-refractivity contribution in [2.75, 3.05) is 6.61 Å². The van der Waals surface area contributed by atoms with E-state index in [2.05, 4.69) is 16.9 Å². The van der Waals surface area contributed by atoms with Gasteiger partial charge in [0, 0.05) is 4.91 Å². The molecule has 0 aliphatic rings. The summed E-state index contributed by atoms with van der Waals surface area (Å²) in [4.78, 5) is 2.65. The van der Waals surface area contributed by atoms with Crippen molar-refractivity contribution in [1.82, 2.24) is 0 Å². The summed E-state index contributed by atoms with van der Waals surface area (Å²) in [7, 11) is 0. The second-order valence-electron chi connectivity index (χ2n) is 7.26. The largest absolute Gasteiger partial charge is 0.396 e. The molecule has 0 bridgehead atoms. The number of unbranched alkanes of at least 4 members (excludes halogenated alkanes) is 14. The molecule has 0 rings (SSSR count). The van der Waals surface area contributed by atoms with E-state index in [0.29, 0.717) is 6.42 Å². The SMILES string of the molecule is CCCCCCCCCCCCCCCCC[C@@H](O)[C@H](CO)N=[N+]=[N-]. The van der Waals surface area contributed by atoms with Crippen LogP contribution in [0.15, 0.2) is 5.11 Å². The molecule has 0 spiro atoms. The number of rotatable bonds is 19. The lowest BCUT2D eigenvalue weighted by Crippen LogP contribution is -2.27. The minimum atomic E-state index is -0.720. The van der Waals surface area contributed by atoms with Crippen molar-refractivity contribution in [2.45, 2.75) is 122 Å². The maximum absolute atomic E-state index is 9.82. The van der Waals surface area contributed by atoms with Gasteiger partial charge in [0.05, 0.1) is 18.8 Å². The van der Waals surface area contributed by atoms with Crippen molar-refractivity contribution in [3.63, 3.8) is 0 Å². The summed E-state index contributed by atoms with van der Waals surface area (Å²) in [5.41, 5.74) is 8.36. The Labute approximate surface area is 154 Å². The van der Waals surface area contributed by atoms with Crippen LogP contribution < -0.4 is 0 Å². The van der Waals surface area contributed by atoms with Gasteiger partial charge in [0.25, 0.3) is 0 Å². The average Bonchev–Trinajstić information content (AvgIpc) is 2.62. The highest BCUT2D eigenvalue weighted by Crippen LogP contribution is 2.15. The lowest BCUT2D eigenvalue weighted by atomic mass is 10.0. The van der Waals surface area contributed by atoms with Gasteiger partial charge < -0.3 is 10.2 Å². The smallest absolute Gasteiger partial charge is 0.0864 e. The molecular weight excluding hydrogens is 314 g/mol. The topological polar surface area (TPSA) is 89.2 Å². The second kappa shape index (κ2) is 19.6. The summed E-state index contributed by atoms with van der Waals surface area (Å²) in [5.74, 6) is 0. The summed E-state index contributed by atoms with van der Waals surface area (Å²) in [6, 6.07) is -0.698. The quantitative estimate of drug-likeness (QED) is 0.123. The molecule has 2 N–H and O–H groups in total. The molecule has 0 aromatic carbocycles. The van der Waals surface area contributed by atoms with E-state index >= 15 is 0 Å². The first-order valence-corrected chi connectivity index (χ1v) is 10.6. The van der Waals surface area contributed by atoms with Gasteiger partial charge in [-0.3, -0.25) is 0 Å². The molecular formula is C20H41N3O2. The monoisotopic (exact) mass is 355 g/mol. The molecule has 0 heterocycles. The van der Waals surface area contributed by atoms with Gasteiger partial charge in [-0.1, -0.05) is 108 Å². The van der Waals surface area contributed by atoms with Gasteiger partial charge in [-0.25, -0.2) is 0 Å². The number of hydrogen-bond donors (Lipinski definition) is 2. The highest BCUT2D eigenvalue weighted by atomic mass is 16.3. The van der Waals surface area contributed by atoms with E-state index in [4.69, 9.17) is 10.6 Å². The van der Waals surface area contributed by atoms with Crippen molar-refractivity contribution >= 4 is 0 Å². The van der Waals surface area contributed by atoms with E-state index in [1.165, 1.54) is 83.5 Å². The molecule has 0 aliphatic heterocycles. The zero-order valence-corrected chi connectivity index (χ0v) is 16.4. The molecule has 0 amide bonds. The molecule has 0 unspecified atom stereocenters. The van der Waals surface area contributed by atoms with Crippen LogP contribution in [0.5, 0.6) is 0 Å². The van der Waals surface area contributed by atoms with Gasteiger partial charge in [0.2, 0.25) is 0 Å². The molecule has 5 nitrogen and oxygen atoms in total. The Bertz CT molecular complexity index is 320. The average molecular weight is 356 g/mol. The summed E-state index contributed by atoms with van der Waals surface area (Å²) in [5, 5.41) is 22.3. The number of aliphatic hydroxyl groups excluding tert-OH is 2. The van der Waals surface area contributed by atoms with E-state index in [1.807, 2.05) is 0 Å². The highest BCUT2D eigenvalue weighted by molar-refractivity contribution is 4.75. The summed E-state index contributed by atoms with van der Waals surface area (Å²) in [6.45, 7) is 1.98. The van der Waals surface area contributed by atoms with Crippen LogP contribution in [0, 0.1) is 0 Å². The van der Waals surface area contributed by atoms with Gasteiger partial charge >= 0.3 is 0 Å². The van der Waals surface area contributed by atoms with Crippen molar-refractivity contribution < 1.29 is 10.2 Å². The molecule has 0 aromatic heterocycles. The number of azide groups is 1. The predicted molar refractivity (Wildman–Crippen MR) is 106 cm³/mol. The van der Waals surface area contributed by atoms with Crippen LogP contribution in [-0.4, -0.2) is 29.0 Å². The first-order chi connectivity index (χ1) is 12.3. The normalized spacial score (nSPS) is 13.4. The fourth-order valence-electron chi connectivity index (χ4n) is 3.22. The molecule has 0 radical (unpaired) electrons. The molecule has 0 aromatic rings. The van der Waals surface area contributed by atoms with Crippen molar-refractivity contribution in [2.24, 2.45) is 5.11 Å². The Morgan fingerprint density at radius 1 is 0.760 bits per heavy atom. The maximum Gasteiger partial charge on any atom is 0.0864 e. The Morgan fingerprint density at radius 3 is 1.52 bits per heavy atom. The lowest BCUT2D eigenvalue weighted by molar-refractivity contribution is 0.0992. The van der Waals surface area contributed by atoms with Crippen LogP contribution in [0.25, 0.3) is 10.4 Å². The minimum Gasteiger partial charge on any atom is -0.396 e. The number of nitrogens with zero attached hydrogens (tertiary/aromatic N) is 3. The van der Waals surface area contributed by atoms with Gasteiger partial charge in [0.15, 0.2) is 0 Å². The lowest BCUT2D eigenvalue weighted by Gasteiger charge is -2.15. The van der Waals surface area contributed by atoms with Crippen molar-refractivity contribution in [3.8, 4) is 0 Å². The molecule has 25 heavy (non-hydrogen) atoms. The van der Waals surface area contributed by atoms with Crippen molar-refractivity contribution in [3.05, 3.63) is 10.4 Å². The van der Waals surface area contributed by atoms with E-state index in [-0.39, 0.29) is 6.61 Å². The van der Waals surface area contributed by atoms with E-state index < -0.39 is 12.1 Å². The highest BCUT2D eigenvalue weighted by Gasteiger charge is 2.15. The molecule has 0 aliphatic carbocycles. The third kappa shape index (κ3) is 16.4. The van der Waals surface area contributed by atoms with E-state index in [9.17, 15) is 5.11 Å². The third-order valence-electron chi connectivity index (χ3n) is 4.93. The predicted octanol–water partition coefficient (Wildman–Crippen LogP) is 6.28. The zero-order chi connectivity index (χ0) is 18.6. The van der Waals surface area contributed by atoms with Crippen LogP contribution in [0.1, 0.15) is 110 Å². The van der Waals surface area contributed by atoms with Crippen LogP contribution >= 0.6 is 0 Å². The van der Waals surface area contributed by atoms with E-state index in [0.717, 1.165) is 12.8 Å². The molecule has 2 atom stereocenters. The van der Waals surface area contributed by atoms with Crippen LogP contribution in [0.2, 0.25) is 0 Å². The molecule has 0 saturated carbocycles. The zero-order valence-electron chi connectivity index (χ0n) is 16.4. The second-order valence-corrected chi connectivity index (χ2v) is 7.26. The van der Waals surface area contributed by atoms with Crippen LogP contribution in [0.4, 0.5) is 0 Å². The first kappa shape index (κ1) is 24.2. The van der Waals surface area contributed by atoms with Gasteiger partial charge in [0.1, 0.15) is 0 Å². The summed E-state index contributed by atoms with van der Waals surface area (Å²) in [6.07, 6.45) is 19.6. The number of aliphatic hydroxyl groups is 2. The Morgan fingerprint density at radius 2 is 1.16 bits per heavy atom. The fourth-order valence-corrected chi connectivity index (χ4v) is 3.22. The standard InChI is InChI=1S/C20H41N3O2/c1-2-3-4-5-6-7-8-9-10-11-12-13-14-15-16-17-20(25)19(18-24)22-23-21/h19-20,24-25H,2-18H2,1H3/t19-,20+/m0/s1. The van der Waals surface area contributed by atoms with Gasteiger partial charge in [-0.2, -0.15) is 0 Å². The van der Waals surface area contributed by atoms with Crippen LogP contribution in [0.3, 0.4) is 0 Å². The minimum absolute atomic E-state index is 0.288. The van der Waals surface area contributed by atoms with E-state index in [1.54, 1.807) is 0 Å². The Hall–Kier alpha value is -0.770. The van der Waals surface area contributed by atoms with Gasteiger partial charge in [-0.15, -0.1) is 0 Å². The van der Waals surface area contributed by atoms with Crippen LogP contribution in [-0.2, 0) is 0 Å². The van der Waals surface area contributed by atoms with Gasteiger partial charge in [-0.05, 0) is 12.0 Å². The Balaban J connectivity index is 3.25. The molecule has 5 heteroatoms. The number of hydrogen-bond acceptors (Lipinski definition) is 3. The van der Waals surface area contributed by atoms with Crippen molar-refractivity contribution in [1.29, 1.82) is 0 Å². The molecule has 0 saturated heterocycles. The third-order valence-corrected chi connectivity index (χ3v) is 4.93. The first-order valence-electron chi connectivity index (χ1n) is 10.6. The summed E-state index contributed by atoms with van der Waals surface area (Å²) < 4.78 is 0. The molecule has 0 fully saturated rings. The fraction of sp³-hybridized carbons (Fsp3) is 1.00.